The fourth-order valence-corrected chi connectivity index (χ4v) is 4.04. The van der Waals surface area contributed by atoms with E-state index in [0.29, 0.717) is 11.8 Å². The Labute approximate surface area is 72.6 Å². The van der Waals surface area contributed by atoms with Crippen molar-refractivity contribution in [1.29, 1.82) is 0 Å². The third-order valence-corrected chi connectivity index (χ3v) is 4.45. The van der Waals surface area contributed by atoms with Crippen molar-refractivity contribution in [3.8, 4) is 0 Å². The zero-order valence-corrected chi connectivity index (χ0v) is 7.19. The molecule has 2 bridgehead atoms. The molecule has 0 heterocycles. The van der Waals surface area contributed by atoms with Crippen LogP contribution in [0.3, 0.4) is 0 Å². The fourth-order valence-electron chi connectivity index (χ4n) is 4.04. The standard InChI is InChI=1S/C10H16O2/c11-8-2-1-6-5-3-7(10(6)8)9(12)4-5/h5-12H,1-4H2. The molecule has 2 heteroatoms. The number of hydrogen-bond acceptors (Lipinski definition) is 2. The Morgan fingerprint density at radius 2 is 1.67 bits per heavy atom. The summed E-state index contributed by atoms with van der Waals surface area (Å²) in [5.74, 6) is 2.40. The van der Waals surface area contributed by atoms with E-state index in [1.54, 1.807) is 0 Å². The van der Waals surface area contributed by atoms with Crippen molar-refractivity contribution in [1.82, 2.24) is 0 Å². The van der Waals surface area contributed by atoms with Gasteiger partial charge < -0.3 is 10.2 Å². The van der Waals surface area contributed by atoms with E-state index < -0.39 is 0 Å². The summed E-state index contributed by atoms with van der Waals surface area (Å²) in [6, 6.07) is 0. The highest BCUT2D eigenvalue weighted by Crippen LogP contribution is 2.58. The van der Waals surface area contributed by atoms with E-state index in [2.05, 4.69) is 0 Å². The van der Waals surface area contributed by atoms with E-state index >= 15 is 0 Å². The molecule has 3 fully saturated rings. The van der Waals surface area contributed by atoms with Gasteiger partial charge in [-0.25, -0.2) is 0 Å². The van der Waals surface area contributed by atoms with Gasteiger partial charge in [-0.3, -0.25) is 0 Å². The van der Waals surface area contributed by atoms with Crippen LogP contribution in [-0.4, -0.2) is 22.4 Å². The van der Waals surface area contributed by atoms with Gasteiger partial charge in [-0.05, 0) is 49.4 Å². The second-order valence-electron chi connectivity index (χ2n) is 4.85. The van der Waals surface area contributed by atoms with Gasteiger partial charge in [0.05, 0.1) is 12.2 Å². The molecule has 0 spiro atoms. The van der Waals surface area contributed by atoms with E-state index in [1.165, 1.54) is 12.8 Å². The Morgan fingerprint density at radius 3 is 2.50 bits per heavy atom. The second-order valence-corrected chi connectivity index (χ2v) is 4.85. The first kappa shape index (κ1) is 7.34. The summed E-state index contributed by atoms with van der Waals surface area (Å²) >= 11 is 0. The lowest BCUT2D eigenvalue weighted by molar-refractivity contribution is 0.0142. The molecule has 3 rings (SSSR count). The van der Waals surface area contributed by atoms with Crippen LogP contribution in [0.4, 0.5) is 0 Å². The molecule has 68 valence electrons. The number of rotatable bonds is 0. The smallest absolute Gasteiger partial charge is 0.0575 e. The molecule has 0 aliphatic heterocycles. The van der Waals surface area contributed by atoms with Crippen LogP contribution in [0, 0.1) is 23.7 Å². The number of hydrogen-bond donors (Lipinski definition) is 2. The third kappa shape index (κ3) is 0.728. The van der Waals surface area contributed by atoms with Crippen molar-refractivity contribution in [2.75, 3.05) is 0 Å². The lowest BCUT2D eigenvalue weighted by atomic mass is 9.79. The highest BCUT2D eigenvalue weighted by Gasteiger charge is 2.56. The quantitative estimate of drug-likeness (QED) is 0.561. The first-order valence-corrected chi connectivity index (χ1v) is 5.13. The van der Waals surface area contributed by atoms with Gasteiger partial charge in [-0.2, -0.15) is 0 Å². The molecule has 3 aliphatic carbocycles. The van der Waals surface area contributed by atoms with Crippen LogP contribution in [-0.2, 0) is 0 Å². The lowest BCUT2D eigenvalue weighted by Crippen LogP contribution is -2.33. The van der Waals surface area contributed by atoms with Gasteiger partial charge in [-0.15, -0.1) is 0 Å². The largest absolute Gasteiger partial charge is 0.393 e. The van der Waals surface area contributed by atoms with Crippen molar-refractivity contribution in [3.63, 3.8) is 0 Å². The maximum Gasteiger partial charge on any atom is 0.0575 e. The average Bonchev–Trinajstić information content (AvgIpc) is 2.62. The third-order valence-electron chi connectivity index (χ3n) is 4.45. The van der Waals surface area contributed by atoms with Crippen LogP contribution in [0.5, 0.6) is 0 Å². The molecule has 3 saturated carbocycles. The number of aliphatic hydroxyl groups excluding tert-OH is 2. The Bertz CT molecular complexity index is 204. The van der Waals surface area contributed by atoms with Gasteiger partial charge in [0.2, 0.25) is 0 Å². The summed E-state index contributed by atoms with van der Waals surface area (Å²) in [5.41, 5.74) is 0. The van der Waals surface area contributed by atoms with Crippen LogP contribution in [0.25, 0.3) is 0 Å². The highest BCUT2D eigenvalue weighted by atomic mass is 16.3. The minimum absolute atomic E-state index is 0.0935. The molecule has 3 aliphatic rings. The highest BCUT2D eigenvalue weighted by molar-refractivity contribution is 5.05. The molecule has 0 aromatic heterocycles. The van der Waals surface area contributed by atoms with Crippen molar-refractivity contribution >= 4 is 0 Å². The van der Waals surface area contributed by atoms with Crippen LogP contribution >= 0.6 is 0 Å². The zero-order chi connectivity index (χ0) is 8.29. The monoisotopic (exact) mass is 168 g/mol. The summed E-state index contributed by atoms with van der Waals surface area (Å²) in [6.07, 6.45) is 4.20. The maximum atomic E-state index is 9.73. The normalized spacial score (nSPS) is 62.5. The minimum atomic E-state index is -0.0973. The second kappa shape index (κ2) is 2.24. The van der Waals surface area contributed by atoms with E-state index in [9.17, 15) is 10.2 Å². The van der Waals surface area contributed by atoms with E-state index in [1.807, 2.05) is 0 Å². The topological polar surface area (TPSA) is 40.5 Å². The van der Waals surface area contributed by atoms with E-state index in [-0.39, 0.29) is 12.2 Å². The first-order chi connectivity index (χ1) is 5.77. The molecular weight excluding hydrogens is 152 g/mol. The SMILES string of the molecule is OC1CC2CC1C1C(O)CCC21. The molecule has 2 N–H and O–H groups in total. The molecule has 0 aromatic carbocycles. The first-order valence-electron chi connectivity index (χ1n) is 5.13. The van der Waals surface area contributed by atoms with Gasteiger partial charge in [0.1, 0.15) is 0 Å². The zero-order valence-electron chi connectivity index (χ0n) is 7.19. The van der Waals surface area contributed by atoms with Crippen LogP contribution in [0.1, 0.15) is 25.7 Å². The molecule has 0 amide bonds. The number of aliphatic hydroxyl groups is 2. The summed E-state index contributed by atoms with van der Waals surface area (Å²) in [5, 5.41) is 19.4. The molecule has 6 unspecified atom stereocenters. The van der Waals surface area contributed by atoms with E-state index in [0.717, 1.165) is 24.7 Å². The lowest BCUT2D eigenvalue weighted by Gasteiger charge is -2.30. The number of fused-ring (bicyclic) bond motifs is 5. The molecule has 0 aromatic rings. The van der Waals surface area contributed by atoms with Crippen molar-refractivity contribution in [3.05, 3.63) is 0 Å². The van der Waals surface area contributed by atoms with Crippen molar-refractivity contribution in [2.45, 2.75) is 37.9 Å². The molecule has 0 radical (unpaired) electrons. The Kier molecular flexibility index (Phi) is 1.37. The Morgan fingerprint density at radius 1 is 0.833 bits per heavy atom. The Balaban J connectivity index is 1.90. The van der Waals surface area contributed by atoms with Gasteiger partial charge in [0.15, 0.2) is 0 Å². The molecule has 12 heavy (non-hydrogen) atoms. The summed E-state index contributed by atoms with van der Waals surface area (Å²) in [7, 11) is 0. The summed E-state index contributed by atoms with van der Waals surface area (Å²) < 4.78 is 0. The summed E-state index contributed by atoms with van der Waals surface area (Å²) in [4.78, 5) is 0. The van der Waals surface area contributed by atoms with Gasteiger partial charge in [-0.1, -0.05) is 0 Å². The molecular formula is C10H16O2. The predicted octanol–water partition coefficient (Wildman–Crippen LogP) is 0.774. The minimum Gasteiger partial charge on any atom is -0.393 e. The van der Waals surface area contributed by atoms with Crippen LogP contribution in [0.15, 0.2) is 0 Å². The molecule has 0 saturated heterocycles. The fraction of sp³-hybridized carbons (Fsp3) is 1.00. The van der Waals surface area contributed by atoms with Crippen molar-refractivity contribution in [2.24, 2.45) is 23.7 Å². The van der Waals surface area contributed by atoms with Gasteiger partial charge in [0.25, 0.3) is 0 Å². The average molecular weight is 168 g/mol. The summed E-state index contributed by atoms with van der Waals surface area (Å²) in [6.45, 7) is 0. The molecule has 6 atom stereocenters. The van der Waals surface area contributed by atoms with Gasteiger partial charge in [0, 0.05) is 0 Å². The maximum absolute atomic E-state index is 9.73. The predicted molar refractivity (Wildman–Crippen MR) is 44.4 cm³/mol. The van der Waals surface area contributed by atoms with Crippen LogP contribution in [0.2, 0.25) is 0 Å². The van der Waals surface area contributed by atoms with E-state index in [4.69, 9.17) is 0 Å². The Hall–Kier alpha value is -0.0800. The van der Waals surface area contributed by atoms with Crippen molar-refractivity contribution < 1.29 is 10.2 Å². The van der Waals surface area contributed by atoms with Gasteiger partial charge >= 0.3 is 0 Å². The van der Waals surface area contributed by atoms with Crippen LogP contribution < -0.4 is 0 Å². The molecule has 2 nitrogen and oxygen atoms in total.